The van der Waals surface area contributed by atoms with Crippen LogP contribution in [0.25, 0.3) is 0 Å². The zero-order chi connectivity index (χ0) is 14.1. The first-order valence-electron chi connectivity index (χ1n) is 6.55. The summed E-state index contributed by atoms with van der Waals surface area (Å²) in [5, 5.41) is 3.04. The third kappa shape index (κ3) is 12.2. The molecular weight excluding hydrogens is 240 g/mol. The van der Waals surface area contributed by atoms with Crippen molar-refractivity contribution >= 4 is 0 Å². The molecular formula is C13H27F2NO2. The highest BCUT2D eigenvalue weighted by atomic mass is 19.3. The summed E-state index contributed by atoms with van der Waals surface area (Å²) in [5.74, 6) is -2.77. The minimum Gasteiger partial charge on any atom is -0.379 e. The Morgan fingerprint density at radius 1 is 1.00 bits per heavy atom. The van der Waals surface area contributed by atoms with Crippen molar-refractivity contribution in [1.29, 1.82) is 0 Å². The van der Waals surface area contributed by atoms with E-state index in [1.807, 2.05) is 27.7 Å². The summed E-state index contributed by atoms with van der Waals surface area (Å²) in [5.41, 5.74) is -0.134. The Morgan fingerprint density at radius 2 is 1.61 bits per heavy atom. The van der Waals surface area contributed by atoms with Gasteiger partial charge in [-0.25, -0.2) is 8.78 Å². The number of ether oxygens (including phenoxy) is 2. The van der Waals surface area contributed by atoms with E-state index in [4.69, 9.17) is 9.47 Å². The molecule has 0 fully saturated rings. The van der Waals surface area contributed by atoms with Gasteiger partial charge in [0.05, 0.1) is 13.2 Å². The first kappa shape index (κ1) is 17.7. The fourth-order valence-corrected chi connectivity index (χ4v) is 1.28. The molecule has 0 saturated carbocycles. The van der Waals surface area contributed by atoms with Gasteiger partial charge in [-0.05, 0) is 27.2 Å². The van der Waals surface area contributed by atoms with Crippen molar-refractivity contribution in [2.45, 2.75) is 52.0 Å². The van der Waals surface area contributed by atoms with Gasteiger partial charge >= 0.3 is 0 Å². The lowest BCUT2D eigenvalue weighted by atomic mass is 10.1. The molecule has 0 aromatic rings. The second kappa shape index (κ2) is 8.77. The molecule has 0 amide bonds. The largest absolute Gasteiger partial charge is 0.379 e. The summed E-state index contributed by atoms with van der Waals surface area (Å²) < 4.78 is 36.8. The number of alkyl halides is 2. The summed E-state index contributed by atoms with van der Waals surface area (Å²) in [4.78, 5) is 0. The van der Waals surface area contributed by atoms with Gasteiger partial charge in [0, 0.05) is 25.1 Å². The van der Waals surface area contributed by atoms with Crippen molar-refractivity contribution in [3.05, 3.63) is 0 Å². The molecule has 0 bridgehead atoms. The van der Waals surface area contributed by atoms with E-state index in [1.165, 1.54) is 0 Å². The van der Waals surface area contributed by atoms with Gasteiger partial charge in [-0.15, -0.1) is 0 Å². The van der Waals surface area contributed by atoms with Gasteiger partial charge in [-0.2, -0.15) is 0 Å². The monoisotopic (exact) mass is 267 g/mol. The van der Waals surface area contributed by atoms with Crippen LogP contribution < -0.4 is 5.32 Å². The molecule has 0 aliphatic carbocycles. The van der Waals surface area contributed by atoms with Gasteiger partial charge < -0.3 is 14.8 Å². The summed E-state index contributed by atoms with van der Waals surface area (Å²) in [6.07, 6.45) is 0.717. The molecule has 0 saturated heterocycles. The Bertz CT molecular complexity index is 206. The van der Waals surface area contributed by atoms with Crippen LogP contribution in [0.15, 0.2) is 0 Å². The highest BCUT2D eigenvalue weighted by Gasteiger charge is 2.29. The molecule has 0 spiro atoms. The molecule has 0 atom stereocenters. The van der Waals surface area contributed by atoms with Crippen LogP contribution in [-0.4, -0.2) is 44.4 Å². The molecule has 0 rings (SSSR count). The van der Waals surface area contributed by atoms with Crippen molar-refractivity contribution < 1.29 is 18.3 Å². The Hall–Kier alpha value is -0.260. The van der Waals surface area contributed by atoms with Crippen molar-refractivity contribution in [1.82, 2.24) is 5.32 Å². The summed E-state index contributed by atoms with van der Waals surface area (Å²) in [7, 11) is 0. The van der Waals surface area contributed by atoms with E-state index in [1.54, 1.807) is 0 Å². The van der Waals surface area contributed by atoms with Gasteiger partial charge in [0.25, 0.3) is 5.92 Å². The van der Waals surface area contributed by atoms with Crippen LogP contribution in [-0.2, 0) is 9.47 Å². The lowest BCUT2D eigenvalue weighted by Gasteiger charge is -2.23. The van der Waals surface area contributed by atoms with E-state index < -0.39 is 12.5 Å². The molecule has 0 radical (unpaired) electrons. The minimum atomic E-state index is -2.77. The molecule has 18 heavy (non-hydrogen) atoms. The van der Waals surface area contributed by atoms with Gasteiger partial charge in [-0.1, -0.05) is 6.92 Å². The lowest BCUT2D eigenvalue weighted by Crippen LogP contribution is -2.39. The van der Waals surface area contributed by atoms with Crippen LogP contribution in [0.2, 0.25) is 0 Å². The highest BCUT2D eigenvalue weighted by Crippen LogP contribution is 2.18. The van der Waals surface area contributed by atoms with E-state index in [2.05, 4.69) is 5.32 Å². The zero-order valence-corrected chi connectivity index (χ0v) is 12.0. The summed E-state index contributed by atoms with van der Waals surface area (Å²) in [6, 6.07) is 0. The molecule has 110 valence electrons. The SMILES string of the molecule is CCCOCCOCC(F)(F)CCNC(C)(C)C. The van der Waals surface area contributed by atoms with E-state index in [0.717, 1.165) is 6.42 Å². The molecule has 0 aliphatic heterocycles. The number of hydrogen-bond donors (Lipinski definition) is 1. The van der Waals surface area contributed by atoms with Crippen LogP contribution in [0.5, 0.6) is 0 Å². The smallest absolute Gasteiger partial charge is 0.272 e. The molecule has 0 unspecified atom stereocenters. The normalized spacial score (nSPS) is 13.0. The van der Waals surface area contributed by atoms with Gasteiger partial charge in [0.2, 0.25) is 0 Å². The van der Waals surface area contributed by atoms with Crippen molar-refractivity contribution in [2.24, 2.45) is 0 Å². The van der Waals surface area contributed by atoms with Crippen molar-refractivity contribution in [3.8, 4) is 0 Å². The van der Waals surface area contributed by atoms with Crippen LogP contribution >= 0.6 is 0 Å². The third-order valence-electron chi connectivity index (χ3n) is 2.18. The Labute approximate surface area is 109 Å². The fraction of sp³-hybridized carbons (Fsp3) is 1.00. The van der Waals surface area contributed by atoms with Crippen LogP contribution in [0.4, 0.5) is 8.78 Å². The zero-order valence-electron chi connectivity index (χ0n) is 12.0. The molecule has 1 N–H and O–H groups in total. The lowest BCUT2D eigenvalue weighted by molar-refractivity contribution is -0.0897. The van der Waals surface area contributed by atoms with Crippen LogP contribution in [0.1, 0.15) is 40.5 Å². The number of nitrogens with one attached hydrogen (secondary N) is 1. The number of hydrogen-bond acceptors (Lipinski definition) is 3. The van der Waals surface area contributed by atoms with Gasteiger partial charge in [-0.3, -0.25) is 0 Å². The fourth-order valence-electron chi connectivity index (χ4n) is 1.28. The highest BCUT2D eigenvalue weighted by molar-refractivity contribution is 4.73. The maximum atomic E-state index is 13.4. The Balaban J connectivity index is 3.55. The third-order valence-corrected chi connectivity index (χ3v) is 2.18. The summed E-state index contributed by atoms with van der Waals surface area (Å²) >= 11 is 0. The first-order chi connectivity index (χ1) is 8.27. The standard InChI is InChI=1S/C13H27F2NO2/c1-5-8-17-9-10-18-11-13(14,15)6-7-16-12(2,3)4/h16H,5-11H2,1-4H3. The topological polar surface area (TPSA) is 30.5 Å². The molecule has 0 aliphatic rings. The minimum absolute atomic E-state index is 0.134. The Morgan fingerprint density at radius 3 is 2.17 bits per heavy atom. The average Bonchev–Trinajstić information content (AvgIpc) is 2.21. The Kier molecular flexibility index (Phi) is 8.65. The molecule has 5 heteroatoms. The first-order valence-corrected chi connectivity index (χ1v) is 6.55. The maximum absolute atomic E-state index is 13.4. The quantitative estimate of drug-likeness (QED) is 0.617. The maximum Gasteiger partial charge on any atom is 0.272 e. The second-order valence-corrected chi connectivity index (χ2v) is 5.45. The summed E-state index contributed by atoms with van der Waals surface area (Å²) in [6.45, 7) is 8.85. The van der Waals surface area contributed by atoms with E-state index in [9.17, 15) is 8.78 Å². The number of halogens is 2. The predicted molar refractivity (Wildman–Crippen MR) is 69.2 cm³/mol. The molecule has 0 aromatic heterocycles. The van der Waals surface area contributed by atoms with Crippen molar-refractivity contribution in [3.63, 3.8) is 0 Å². The van der Waals surface area contributed by atoms with Crippen molar-refractivity contribution in [2.75, 3.05) is 33.0 Å². The average molecular weight is 267 g/mol. The predicted octanol–water partition coefficient (Wildman–Crippen LogP) is 2.84. The molecule has 3 nitrogen and oxygen atoms in total. The molecule has 0 heterocycles. The second-order valence-electron chi connectivity index (χ2n) is 5.45. The number of rotatable bonds is 10. The van der Waals surface area contributed by atoms with Gasteiger partial charge in [0.1, 0.15) is 6.61 Å². The molecule has 0 aromatic carbocycles. The van der Waals surface area contributed by atoms with Gasteiger partial charge in [0.15, 0.2) is 0 Å². The van der Waals surface area contributed by atoms with E-state index in [-0.39, 0.29) is 25.1 Å². The van der Waals surface area contributed by atoms with E-state index >= 15 is 0 Å². The van der Waals surface area contributed by atoms with Crippen LogP contribution in [0, 0.1) is 0 Å². The van der Waals surface area contributed by atoms with E-state index in [0.29, 0.717) is 13.2 Å². The van der Waals surface area contributed by atoms with Crippen LogP contribution in [0.3, 0.4) is 0 Å².